The van der Waals surface area contributed by atoms with Gasteiger partial charge in [-0.1, -0.05) is 60.7 Å². The minimum atomic E-state index is -0.920. The van der Waals surface area contributed by atoms with Crippen LogP contribution in [0.25, 0.3) is 0 Å². The monoisotopic (exact) mass is 440 g/mol. The van der Waals surface area contributed by atoms with Gasteiger partial charge in [0, 0.05) is 17.4 Å². The highest BCUT2D eigenvalue weighted by atomic mass is 32.1. The minimum absolute atomic E-state index is 0.0695. The molecule has 0 heterocycles. The van der Waals surface area contributed by atoms with Crippen molar-refractivity contribution in [2.45, 2.75) is 32.0 Å². The summed E-state index contributed by atoms with van der Waals surface area (Å²) in [6, 6.07) is 16.8. The second kappa shape index (κ2) is 12.3. The third-order valence-electron chi connectivity index (χ3n) is 4.31. The SMILES string of the molecule is C[C@H](NC(=O)[C@@H](Cc1ccccc1)NC(=O)OCc1ccccc1)/C(S)=C/C(=O)C=O. The molecule has 0 aliphatic heterocycles. The summed E-state index contributed by atoms with van der Waals surface area (Å²) in [5, 5.41) is 5.28. The number of rotatable bonds is 10. The Morgan fingerprint density at radius 2 is 1.55 bits per heavy atom. The first-order valence-corrected chi connectivity index (χ1v) is 10.0. The summed E-state index contributed by atoms with van der Waals surface area (Å²) in [5.41, 5.74) is 1.66. The molecule has 0 aliphatic carbocycles. The average Bonchev–Trinajstić information content (AvgIpc) is 2.78. The normalized spacial score (nSPS) is 12.9. The maximum Gasteiger partial charge on any atom is 0.408 e. The van der Waals surface area contributed by atoms with Gasteiger partial charge in [-0.05, 0) is 18.1 Å². The van der Waals surface area contributed by atoms with Crippen LogP contribution in [0.4, 0.5) is 4.79 Å². The van der Waals surface area contributed by atoms with Gasteiger partial charge in [-0.3, -0.25) is 14.4 Å². The number of amides is 2. The van der Waals surface area contributed by atoms with Crippen molar-refractivity contribution in [3.63, 3.8) is 0 Å². The highest BCUT2D eigenvalue weighted by molar-refractivity contribution is 7.84. The largest absolute Gasteiger partial charge is 0.445 e. The molecule has 2 aromatic carbocycles. The van der Waals surface area contributed by atoms with Crippen molar-refractivity contribution in [3.8, 4) is 0 Å². The lowest BCUT2D eigenvalue weighted by Crippen LogP contribution is -2.50. The zero-order valence-electron chi connectivity index (χ0n) is 17.0. The summed E-state index contributed by atoms with van der Waals surface area (Å²) >= 11 is 4.16. The number of carbonyl (C=O) groups excluding carboxylic acids is 4. The Morgan fingerprint density at radius 3 is 2.13 bits per heavy atom. The molecule has 0 aromatic heterocycles. The number of benzene rings is 2. The lowest BCUT2D eigenvalue weighted by molar-refractivity contribution is -0.126. The van der Waals surface area contributed by atoms with Crippen LogP contribution in [0.5, 0.6) is 0 Å². The van der Waals surface area contributed by atoms with Crippen molar-refractivity contribution < 1.29 is 23.9 Å². The fourth-order valence-electron chi connectivity index (χ4n) is 2.66. The summed E-state index contributed by atoms with van der Waals surface area (Å²) in [5.74, 6) is -1.24. The number of aldehydes is 1. The number of hydrogen-bond donors (Lipinski definition) is 3. The number of alkyl carbamates (subject to hydrolysis) is 1. The molecule has 0 aliphatic rings. The summed E-state index contributed by atoms with van der Waals surface area (Å²) in [7, 11) is 0. The predicted octanol–water partition coefficient (Wildman–Crippen LogP) is 2.61. The first-order valence-electron chi connectivity index (χ1n) is 9.60. The molecule has 2 aromatic rings. The van der Waals surface area contributed by atoms with Crippen LogP contribution in [-0.4, -0.2) is 36.2 Å². The number of ketones is 1. The molecule has 2 atom stereocenters. The molecule has 2 N–H and O–H groups in total. The van der Waals surface area contributed by atoms with Gasteiger partial charge in [0.2, 0.25) is 11.7 Å². The van der Waals surface area contributed by atoms with Gasteiger partial charge in [0.25, 0.3) is 0 Å². The molecular formula is C23H24N2O5S. The molecule has 2 rings (SSSR count). The van der Waals surface area contributed by atoms with Gasteiger partial charge in [0.15, 0.2) is 6.29 Å². The third kappa shape index (κ3) is 8.47. The Kier molecular flexibility index (Phi) is 9.51. The van der Waals surface area contributed by atoms with Crippen LogP contribution >= 0.6 is 12.6 Å². The van der Waals surface area contributed by atoms with Crippen LogP contribution in [0, 0.1) is 0 Å². The Morgan fingerprint density at radius 1 is 0.968 bits per heavy atom. The molecule has 0 spiro atoms. The highest BCUT2D eigenvalue weighted by Gasteiger charge is 2.24. The molecule has 0 unspecified atom stereocenters. The molecule has 2 amide bonds. The van der Waals surface area contributed by atoms with Crippen LogP contribution in [0.2, 0.25) is 0 Å². The third-order valence-corrected chi connectivity index (χ3v) is 4.83. The average molecular weight is 441 g/mol. The van der Waals surface area contributed by atoms with Crippen LogP contribution in [0.1, 0.15) is 18.1 Å². The number of thiol groups is 1. The lowest BCUT2D eigenvalue weighted by Gasteiger charge is -2.21. The van der Waals surface area contributed by atoms with Crippen molar-refractivity contribution in [1.82, 2.24) is 10.6 Å². The Bertz CT molecular complexity index is 931. The van der Waals surface area contributed by atoms with Gasteiger partial charge >= 0.3 is 6.09 Å². The maximum absolute atomic E-state index is 12.8. The van der Waals surface area contributed by atoms with Crippen molar-refractivity contribution in [3.05, 3.63) is 82.8 Å². The van der Waals surface area contributed by atoms with Crippen LogP contribution in [0.3, 0.4) is 0 Å². The lowest BCUT2D eigenvalue weighted by atomic mass is 10.0. The second-order valence-electron chi connectivity index (χ2n) is 6.77. The van der Waals surface area contributed by atoms with Gasteiger partial charge in [-0.25, -0.2) is 4.79 Å². The topological polar surface area (TPSA) is 102 Å². The Hall–Kier alpha value is -3.39. The van der Waals surface area contributed by atoms with Gasteiger partial charge in [0.05, 0.1) is 6.04 Å². The van der Waals surface area contributed by atoms with E-state index >= 15 is 0 Å². The van der Waals surface area contributed by atoms with E-state index in [1.165, 1.54) is 0 Å². The Labute approximate surface area is 186 Å². The highest BCUT2D eigenvalue weighted by Crippen LogP contribution is 2.09. The first-order chi connectivity index (χ1) is 14.9. The predicted molar refractivity (Wildman–Crippen MR) is 119 cm³/mol. The molecule has 0 saturated carbocycles. The van der Waals surface area contributed by atoms with Crippen molar-refractivity contribution in [2.24, 2.45) is 0 Å². The number of allylic oxidation sites excluding steroid dienone is 1. The van der Waals surface area contributed by atoms with E-state index in [-0.39, 0.29) is 24.2 Å². The fourth-order valence-corrected chi connectivity index (χ4v) is 2.85. The molecule has 7 nitrogen and oxygen atoms in total. The van der Waals surface area contributed by atoms with E-state index in [1.54, 1.807) is 6.92 Å². The van der Waals surface area contributed by atoms with E-state index in [0.717, 1.165) is 17.2 Å². The van der Waals surface area contributed by atoms with E-state index in [9.17, 15) is 19.2 Å². The van der Waals surface area contributed by atoms with Crippen LogP contribution < -0.4 is 10.6 Å². The molecule has 0 saturated heterocycles. The van der Waals surface area contributed by atoms with Crippen molar-refractivity contribution in [2.75, 3.05) is 0 Å². The van der Waals surface area contributed by atoms with Crippen LogP contribution in [-0.2, 0) is 32.1 Å². The van der Waals surface area contributed by atoms with E-state index in [2.05, 4.69) is 23.3 Å². The second-order valence-corrected chi connectivity index (χ2v) is 7.28. The first kappa shape index (κ1) is 23.9. The van der Waals surface area contributed by atoms with Gasteiger partial charge in [0.1, 0.15) is 12.6 Å². The molecule has 0 radical (unpaired) electrons. The standard InChI is InChI=1S/C23H24N2O5S/c1-16(21(31)13-19(27)14-26)24-22(28)20(12-17-8-4-2-5-9-17)25-23(29)30-15-18-10-6-3-7-11-18/h2-11,13-14,16,20,31H,12,15H2,1H3,(H,24,28)(H,25,29)/b21-13-/t16-,20+/m0/s1. The van der Waals surface area contributed by atoms with Gasteiger partial charge in [-0.2, -0.15) is 0 Å². The van der Waals surface area contributed by atoms with Gasteiger partial charge in [-0.15, -0.1) is 12.6 Å². The van der Waals surface area contributed by atoms with Crippen molar-refractivity contribution in [1.29, 1.82) is 0 Å². The number of carbonyl (C=O) groups is 4. The van der Waals surface area contributed by atoms with Gasteiger partial charge < -0.3 is 15.4 Å². The number of hydrogen-bond acceptors (Lipinski definition) is 6. The van der Waals surface area contributed by atoms with E-state index in [4.69, 9.17) is 4.74 Å². The van der Waals surface area contributed by atoms with Crippen molar-refractivity contribution >= 4 is 36.7 Å². The summed E-state index contributed by atoms with van der Waals surface area (Å²) in [4.78, 5) is 47.1. The summed E-state index contributed by atoms with van der Waals surface area (Å²) in [6.07, 6.45) is 0.700. The number of ether oxygens (including phenoxy) is 1. The van der Waals surface area contributed by atoms with Crippen LogP contribution in [0.15, 0.2) is 71.6 Å². The molecule has 0 fully saturated rings. The molecule has 31 heavy (non-hydrogen) atoms. The smallest absolute Gasteiger partial charge is 0.408 e. The summed E-state index contributed by atoms with van der Waals surface area (Å²) < 4.78 is 5.23. The zero-order chi connectivity index (χ0) is 22.6. The molecule has 162 valence electrons. The maximum atomic E-state index is 12.8. The van der Waals surface area contributed by atoms with E-state index < -0.39 is 29.9 Å². The number of nitrogens with one attached hydrogen (secondary N) is 2. The summed E-state index contributed by atoms with van der Waals surface area (Å²) in [6.45, 7) is 1.68. The minimum Gasteiger partial charge on any atom is -0.445 e. The quantitative estimate of drug-likeness (QED) is 0.228. The molecular weight excluding hydrogens is 416 g/mol. The Balaban J connectivity index is 2.05. The molecule has 8 heteroatoms. The van der Waals surface area contributed by atoms with E-state index in [0.29, 0.717) is 0 Å². The van der Waals surface area contributed by atoms with E-state index in [1.807, 2.05) is 60.7 Å². The zero-order valence-corrected chi connectivity index (χ0v) is 17.9. The fraction of sp³-hybridized carbons (Fsp3) is 0.217. The molecule has 0 bridgehead atoms.